The minimum atomic E-state index is 0.152. The molecule has 0 spiro atoms. The normalized spacial score (nSPS) is 13.0. The largest absolute Gasteiger partial charge is 0.347 e. The van der Waals surface area contributed by atoms with Crippen LogP contribution in [0.2, 0.25) is 0 Å². The van der Waals surface area contributed by atoms with E-state index >= 15 is 0 Å². The molecule has 2 aromatic rings. The van der Waals surface area contributed by atoms with Gasteiger partial charge in [-0.3, -0.25) is 4.90 Å². The fourth-order valence-corrected chi connectivity index (χ4v) is 3.26. The fraction of sp³-hybridized carbons (Fsp3) is 0.571. The van der Waals surface area contributed by atoms with Crippen molar-refractivity contribution in [2.45, 2.75) is 39.3 Å². The molecule has 0 radical (unpaired) electrons. The van der Waals surface area contributed by atoms with Crippen LogP contribution in [0.3, 0.4) is 0 Å². The van der Waals surface area contributed by atoms with Gasteiger partial charge in [-0.05, 0) is 19.5 Å². The van der Waals surface area contributed by atoms with Gasteiger partial charge in [0, 0.05) is 18.1 Å². The van der Waals surface area contributed by atoms with Crippen LogP contribution in [-0.2, 0) is 6.54 Å². The van der Waals surface area contributed by atoms with Gasteiger partial charge in [-0.1, -0.05) is 20.3 Å². The second kappa shape index (κ2) is 7.52. The zero-order valence-electron chi connectivity index (χ0n) is 12.2. The fourth-order valence-electron chi connectivity index (χ4n) is 2.28. The standard InChI is InChI=1S/C14H23N5S/c1-3-5-6-19(4-2)13(12-8-16-10-17-12)14-18-11(7-15)9-20-14/h8-10,13H,3-7,15H2,1-2H3,(H,16,17). The molecule has 2 heterocycles. The first-order valence-corrected chi connectivity index (χ1v) is 8.04. The van der Waals surface area contributed by atoms with Crippen molar-refractivity contribution in [3.05, 3.63) is 34.3 Å². The second-order valence-electron chi connectivity index (χ2n) is 4.77. The first kappa shape index (κ1) is 15.2. The van der Waals surface area contributed by atoms with Gasteiger partial charge in [-0.25, -0.2) is 9.97 Å². The van der Waals surface area contributed by atoms with Crippen LogP contribution in [0.1, 0.15) is 49.1 Å². The van der Waals surface area contributed by atoms with Gasteiger partial charge >= 0.3 is 0 Å². The lowest BCUT2D eigenvalue weighted by atomic mass is 10.1. The third-order valence-corrected chi connectivity index (χ3v) is 4.34. The lowest BCUT2D eigenvalue weighted by Gasteiger charge is -2.28. The van der Waals surface area contributed by atoms with E-state index in [1.165, 1.54) is 12.8 Å². The molecule has 0 aliphatic rings. The van der Waals surface area contributed by atoms with E-state index in [0.29, 0.717) is 6.54 Å². The summed E-state index contributed by atoms with van der Waals surface area (Å²) in [6, 6.07) is 0.152. The number of aromatic amines is 1. The van der Waals surface area contributed by atoms with Gasteiger partial charge in [0.05, 0.1) is 17.7 Å². The highest BCUT2D eigenvalue weighted by molar-refractivity contribution is 7.09. The highest BCUT2D eigenvalue weighted by Gasteiger charge is 2.25. The number of nitrogens with zero attached hydrogens (tertiary/aromatic N) is 3. The molecule has 1 atom stereocenters. The molecule has 110 valence electrons. The molecule has 6 heteroatoms. The molecule has 2 aromatic heterocycles. The van der Waals surface area contributed by atoms with Crippen molar-refractivity contribution in [2.24, 2.45) is 5.73 Å². The Morgan fingerprint density at radius 1 is 1.45 bits per heavy atom. The number of imidazole rings is 1. The van der Waals surface area contributed by atoms with E-state index < -0.39 is 0 Å². The van der Waals surface area contributed by atoms with Crippen molar-refractivity contribution in [3.8, 4) is 0 Å². The van der Waals surface area contributed by atoms with E-state index in [1.54, 1.807) is 17.7 Å². The molecule has 1 unspecified atom stereocenters. The number of rotatable bonds is 8. The predicted molar refractivity (Wildman–Crippen MR) is 82.6 cm³/mol. The lowest BCUT2D eigenvalue weighted by molar-refractivity contribution is 0.230. The summed E-state index contributed by atoms with van der Waals surface area (Å²) >= 11 is 1.68. The molecule has 0 amide bonds. The Bertz CT molecular complexity index is 493. The predicted octanol–water partition coefficient (Wildman–Crippen LogP) is 2.54. The van der Waals surface area contributed by atoms with Crippen molar-refractivity contribution in [3.63, 3.8) is 0 Å². The highest BCUT2D eigenvalue weighted by atomic mass is 32.1. The van der Waals surface area contributed by atoms with Gasteiger partial charge in [0.25, 0.3) is 0 Å². The van der Waals surface area contributed by atoms with Crippen molar-refractivity contribution < 1.29 is 0 Å². The van der Waals surface area contributed by atoms with Gasteiger partial charge in [0.1, 0.15) is 11.0 Å². The summed E-state index contributed by atoms with van der Waals surface area (Å²) in [4.78, 5) is 14.5. The third kappa shape index (κ3) is 3.45. The minimum absolute atomic E-state index is 0.152. The van der Waals surface area contributed by atoms with Crippen molar-refractivity contribution >= 4 is 11.3 Å². The van der Waals surface area contributed by atoms with Gasteiger partial charge in [0.2, 0.25) is 0 Å². The number of aromatic nitrogens is 3. The van der Waals surface area contributed by atoms with Crippen LogP contribution in [0.15, 0.2) is 17.9 Å². The number of hydrogen-bond donors (Lipinski definition) is 2. The first-order valence-electron chi connectivity index (χ1n) is 7.16. The number of H-pyrrole nitrogens is 1. The SMILES string of the molecule is CCCCN(CC)C(c1cnc[nH]1)c1nc(CN)cs1. The Labute approximate surface area is 124 Å². The van der Waals surface area contributed by atoms with E-state index in [-0.39, 0.29) is 6.04 Å². The van der Waals surface area contributed by atoms with E-state index in [0.717, 1.165) is 29.5 Å². The first-order chi connectivity index (χ1) is 9.80. The van der Waals surface area contributed by atoms with E-state index in [9.17, 15) is 0 Å². The molecule has 20 heavy (non-hydrogen) atoms. The maximum absolute atomic E-state index is 5.68. The number of thiazole rings is 1. The molecule has 0 aromatic carbocycles. The van der Waals surface area contributed by atoms with Crippen LogP contribution in [-0.4, -0.2) is 32.9 Å². The summed E-state index contributed by atoms with van der Waals surface area (Å²) in [5, 5.41) is 3.14. The summed E-state index contributed by atoms with van der Waals surface area (Å²) < 4.78 is 0. The third-order valence-electron chi connectivity index (χ3n) is 3.40. The highest BCUT2D eigenvalue weighted by Crippen LogP contribution is 2.29. The maximum Gasteiger partial charge on any atom is 0.116 e. The molecule has 0 bridgehead atoms. The van der Waals surface area contributed by atoms with Crippen molar-refractivity contribution in [1.82, 2.24) is 19.9 Å². The molecule has 0 aliphatic carbocycles. The Morgan fingerprint density at radius 3 is 2.85 bits per heavy atom. The Kier molecular flexibility index (Phi) is 5.70. The Balaban J connectivity index is 2.28. The lowest BCUT2D eigenvalue weighted by Crippen LogP contribution is -2.30. The molecule has 0 saturated heterocycles. The molecule has 0 fully saturated rings. The van der Waals surface area contributed by atoms with Crippen LogP contribution < -0.4 is 5.73 Å². The molecule has 0 saturated carbocycles. The van der Waals surface area contributed by atoms with E-state index in [1.807, 2.05) is 11.6 Å². The monoisotopic (exact) mass is 293 g/mol. The summed E-state index contributed by atoms with van der Waals surface area (Å²) in [7, 11) is 0. The van der Waals surface area contributed by atoms with Gasteiger partial charge in [-0.15, -0.1) is 11.3 Å². The average molecular weight is 293 g/mol. The van der Waals surface area contributed by atoms with Crippen LogP contribution in [0.5, 0.6) is 0 Å². The second-order valence-corrected chi connectivity index (χ2v) is 5.66. The van der Waals surface area contributed by atoms with Gasteiger partial charge in [-0.2, -0.15) is 0 Å². The molecule has 5 nitrogen and oxygen atoms in total. The number of unbranched alkanes of at least 4 members (excludes halogenated alkanes) is 1. The summed E-state index contributed by atoms with van der Waals surface area (Å²) in [6.07, 6.45) is 6.00. The Morgan fingerprint density at radius 2 is 2.30 bits per heavy atom. The van der Waals surface area contributed by atoms with E-state index in [2.05, 4.69) is 33.7 Å². The maximum atomic E-state index is 5.68. The van der Waals surface area contributed by atoms with Crippen LogP contribution in [0.25, 0.3) is 0 Å². The van der Waals surface area contributed by atoms with Crippen molar-refractivity contribution in [1.29, 1.82) is 0 Å². The number of nitrogens with one attached hydrogen (secondary N) is 1. The summed E-state index contributed by atoms with van der Waals surface area (Å²) in [5.41, 5.74) is 7.74. The van der Waals surface area contributed by atoms with Crippen LogP contribution >= 0.6 is 11.3 Å². The number of hydrogen-bond acceptors (Lipinski definition) is 5. The quantitative estimate of drug-likeness (QED) is 0.784. The molecule has 2 rings (SSSR count). The molecule has 0 aliphatic heterocycles. The topological polar surface area (TPSA) is 70.8 Å². The van der Waals surface area contributed by atoms with Gasteiger partial charge < -0.3 is 10.7 Å². The molecular weight excluding hydrogens is 270 g/mol. The minimum Gasteiger partial charge on any atom is -0.347 e. The average Bonchev–Trinajstić information content (AvgIpc) is 3.14. The summed E-state index contributed by atoms with van der Waals surface area (Å²) in [6.45, 7) is 6.95. The zero-order valence-corrected chi connectivity index (χ0v) is 13.0. The molecule has 3 N–H and O–H groups in total. The van der Waals surface area contributed by atoms with Crippen LogP contribution in [0.4, 0.5) is 0 Å². The number of nitrogens with two attached hydrogens (primary N) is 1. The zero-order chi connectivity index (χ0) is 14.4. The smallest absolute Gasteiger partial charge is 0.116 e. The Hall–Kier alpha value is -1.24. The molecular formula is C14H23N5S. The summed E-state index contributed by atoms with van der Waals surface area (Å²) in [5.74, 6) is 0. The van der Waals surface area contributed by atoms with Crippen molar-refractivity contribution in [2.75, 3.05) is 13.1 Å². The van der Waals surface area contributed by atoms with Crippen LogP contribution in [0, 0.1) is 0 Å². The van der Waals surface area contributed by atoms with E-state index in [4.69, 9.17) is 5.73 Å². The van der Waals surface area contributed by atoms with Gasteiger partial charge in [0.15, 0.2) is 0 Å².